The number of pyridine rings is 2. The molecule has 0 radical (unpaired) electrons. The largest absolute Gasteiger partial charge is 0.506 e. The molecular weight excluding hydrogens is 302 g/mol. The normalized spacial score (nSPS) is 11.0. The molecule has 0 saturated carbocycles. The molecule has 3 heterocycles. The van der Waals surface area contributed by atoms with Gasteiger partial charge in [-0.1, -0.05) is 6.07 Å². The second-order valence-electron chi connectivity index (χ2n) is 5.57. The molecule has 118 valence electrons. The van der Waals surface area contributed by atoms with Crippen LogP contribution < -0.4 is 0 Å². The lowest BCUT2D eigenvalue weighted by atomic mass is 10.1. The average molecular weight is 317 g/mol. The summed E-state index contributed by atoms with van der Waals surface area (Å²) >= 11 is 0. The summed E-state index contributed by atoms with van der Waals surface area (Å²) in [6.45, 7) is 0. The van der Waals surface area contributed by atoms with Crippen molar-refractivity contribution >= 4 is 11.1 Å². The first-order valence-electron chi connectivity index (χ1n) is 7.72. The van der Waals surface area contributed by atoms with Crippen molar-refractivity contribution in [2.45, 2.75) is 12.8 Å². The van der Waals surface area contributed by atoms with E-state index < -0.39 is 0 Å². The van der Waals surface area contributed by atoms with Gasteiger partial charge in [-0.05, 0) is 54.8 Å². The summed E-state index contributed by atoms with van der Waals surface area (Å²) in [4.78, 5) is 12.9. The van der Waals surface area contributed by atoms with Crippen LogP contribution in [0.4, 0.5) is 0 Å². The van der Waals surface area contributed by atoms with E-state index in [9.17, 15) is 5.11 Å². The summed E-state index contributed by atoms with van der Waals surface area (Å²) in [5, 5.41) is 9.27. The summed E-state index contributed by atoms with van der Waals surface area (Å²) in [7, 11) is 0. The van der Waals surface area contributed by atoms with Crippen molar-refractivity contribution in [2.24, 2.45) is 0 Å². The summed E-state index contributed by atoms with van der Waals surface area (Å²) in [5.41, 5.74) is 4.58. The van der Waals surface area contributed by atoms with Gasteiger partial charge in [-0.2, -0.15) is 0 Å². The van der Waals surface area contributed by atoms with Gasteiger partial charge in [-0.15, -0.1) is 0 Å². The number of oxazole rings is 1. The summed E-state index contributed by atoms with van der Waals surface area (Å²) in [6, 6.07) is 13.3. The van der Waals surface area contributed by atoms with E-state index in [1.807, 2.05) is 36.4 Å². The van der Waals surface area contributed by atoms with Crippen molar-refractivity contribution in [3.8, 4) is 17.2 Å². The summed E-state index contributed by atoms with van der Waals surface area (Å²) in [5.74, 6) is 0.765. The molecule has 1 N–H and O–H groups in total. The van der Waals surface area contributed by atoms with Crippen LogP contribution >= 0.6 is 0 Å². The Labute approximate surface area is 138 Å². The Morgan fingerprint density at radius 2 is 1.96 bits per heavy atom. The van der Waals surface area contributed by atoms with E-state index in [0.29, 0.717) is 5.89 Å². The Balaban J connectivity index is 1.55. The van der Waals surface area contributed by atoms with E-state index in [0.717, 1.165) is 35.2 Å². The first-order valence-corrected chi connectivity index (χ1v) is 7.72. The highest BCUT2D eigenvalue weighted by molar-refractivity contribution is 5.76. The van der Waals surface area contributed by atoms with E-state index in [1.54, 1.807) is 18.5 Å². The lowest BCUT2D eigenvalue weighted by molar-refractivity contribution is 0.472. The van der Waals surface area contributed by atoms with Crippen LogP contribution in [0.25, 0.3) is 22.6 Å². The van der Waals surface area contributed by atoms with Crippen molar-refractivity contribution in [2.75, 3.05) is 0 Å². The minimum absolute atomic E-state index is 0.186. The predicted octanol–water partition coefficient (Wildman–Crippen LogP) is 3.78. The molecule has 0 atom stereocenters. The maximum Gasteiger partial charge on any atom is 0.228 e. The number of aromatic nitrogens is 3. The standard InChI is InChI=1S/C19H15N3O2/c23-16-7-6-15(21-12-16)5-3-13-4-8-18-17(10-13)22-19(24-18)14-2-1-9-20-11-14/h1-2,4,6-12,23H,3,5H2. The van der Waals surface area contributed by atoms with Crippen molar-refractivity contribution in [1.82, 2.24) is 15.0 Å². The fourth-order valence-electron chi connectivity index (χ4n) is 2.58. The highest BCUT2D eigenvalue weighted by atomic mass is 16.3. The van der Waals surface area contributed by atoms with E-state index in [1.165, 1.54) is 11.8 Å². The Kier molecular flexibility index (Phi) is 3.67. The SMILES string of the molecule is Oc1ccc(CCc2ccc3oc(-c4cccnc4)nc3c2)nc1. The van der Waals surface area contributed by atoms with Gasteiger partial charge < -0.3 is 9.52 Å². The molecule has 0 spiro atoms. The molecule has 0 aliphatic rings. The molecule has 0 saturated heterocycles. The zero-order valence-electron chi connectivity index (χ0n) is 12.9. The number of rotatable bonds is 4. The van der Waals surface area contributed by atoms with Crippen LogP contribution in [0.1, 0.15) is 11.3 Å². The molecule has 0 aliphatic heterocycles. The van der Waals surface area contributed by atoms with Crippen molar-refractivity contribution < 1.29 is 9.52 Å². The second kappa shape index (κ2) is 6.12. The lowest BCUT2D eigenvalue weighted by Gasteiger charge is -2.01. The fraction of sp³-hybridized carbons (Fsp3) is 0.105. The molecular formula is C19H15N3O2. The third-order valence-corrected chi connectivity index (χ3v) is 3.84. The molecule has 0 amide bonds. The van der Waals surface area contributed by atoms with E-state index in [4.69, 9.17) is 4.42 Å². The minimum Gasteiger partial charge on any atom is -0.506 e. The number of hydrogen-bond donors (Lipinski definition) is 1. The van der Waals surface area contributed by atoms with Crippen LogP contribution in [-0.4, -0.2) is 20.1 Å². The molecule has 5 heteroatoms. The topological polar surface area (TPSA) is 72.0 Å². The highest BCUT2D eigenvalue weighted by Crippen LogP contribution is 2.24. The zero-order valence-corrected chi connectivity index (χ0v) is 12.9. The van der Waals surface area contributed by atoms with Crippen molar-refractivity contribution in [3.63, 3.8) is 0 Å². The Morgan fingerprint density at radius 1 is 1.00 bits per heavy atom. The number of fused-ring (bicyclic) bond motifs is 1. The van der Waals surface area contributed by atoms with Gasteiger partial charge >= 0.3 is 0 Å². The highest BCUT2D eigenvalue weighted by Gasteiger charge is 2.09. The Morgan fingerprint density at radius 3 is 2.75 bits per heavy atom. The van der Waals surface area contributed by atoms with Gasteiger partial charge in [-0.25, -0.2) is 4.98 Å². The molecule has 0 aliphatic carbocycles. The molecule has 0 fully saturated rings. The van der Waals surface area contributed by atoms with Gasteiger partial charge in [0.25, 0.3) is 0 Å². The number of aromatic hydroxyl groups is 1. The van der Waals surface area contributed by atoms with Crippen LogP contribution in [-0.2, 0) is 12.8 Å². The molecule has 0 bridgehead atoms. The lowest BCUT2D eigenvalue weighted by Crippen LogP contribution is -1.93. The average Bonchev–Trinajstić information content (AvgIpc) is 3.05. The smallest absolute Gasteiger partial charge is 0.228 e. The first kappa shape index (κ1) is 14.4. The second-order valence-corrected chi connectivity index (χ2v) is 5.57. The summed E-state index contributed by atoms with van der Waals surface area (Å²) in [6.07, 6.45) is 6.59. The fourth-order valence-corrected chi connectivity index (χ4v) is 2.58. The van der Waals surface area contributed by atoms with Crippen molar-refractivity contribution in [1.29, 1.82) is 0 Å². The molecule has 1 aromatic carbocycles. The molecule has 0 unspecified atom stereocenters. The monoisotopic (exact) mass is 317 g/mol. The van der Waals surface area contributed by atoms with Crippen LogP contribution in [0, 0.1) is 0 Å². The molecule has 4 rings (SSSR count). The number of hydrogen-bond acceptors (Lipinski definition) is 5. The van der Waals surface area contributed by atoms with Gasteiger partial charge in [-0.3, -0.25) is 9.97 Å². The molecule has 5 nitrogen and oxygen atoms in total. The Hall–Kier alpha value is -3.21. The minimum atomic E-state index is 0.186. The van der Waals surface area contributed by atoms with Gasteiger partial charge in [0.05, 0.1) is 11.8 Å². The van der Waals surface area contributed by atoms with Gasteiger partial charge in [0, 0.05) is 18.1 Å². The number of aryl methyl sites for hydroxylation is 2. The molecule has 24 heavy (non-hydrogen) atoms. The van der Waals surface area contributed by atoms with Crippen LogP contribution in [0.3, 0.4) is 0 Å². The maximum absolute atomic E-state index is 9.27. The van der Waals surface area contributed by atoms with Crippen LogP contribution in [0.15, 0.2) is 65.5 Å². The third-order valence-electron chi connectivity index (χ3n) is 3.84. The van der Waals surface area contributed by atoms with E-state index >= 15 is 0 Å². The first-order chi connectivity index (χ1) is 11.8. The van der Waals surface area contributed by atoms with Gasteiger partial charge in [0.1, 0.15) is 11.3 Å². The third kappa shape index (κ3) is 2.96. The maximum atomic E-state index is 9.27. The molecule has 3 aromatic heterocycles. The van der Waals surface area contributed by atoms with Crippen molar-refractivity contribution in [3.05, 3.63) is 72.3 Å². The quantitative estimate of drug-likeness (QED) is 0.620. The molecule has 4 aromatic rings. The van der Waals surface area contributed by atoms with E-state index in [-0.39, 0.29) is 5.75 Å². The summed E-state index contributed by atoms with van der Waals surface area (Å²) < 4.78 is 5.79. The number of nitrogens with zero attached hydrogens (tertiary/aromatic N) is 3. The Bertz CT molecular complexity index is 963. The van der Waals surface area contributed by atoms with E-state index in [2.05, 4.69) is 15.0 Å². The predicted molar refractivity (Wildman–Crippen MR) is 90.5 cm³/mol. The zero-order chi connectivity index (χ0) is 16.4. The van der Waals surface area contributed by atoms with Gasteiger partial charge in [0.2, 0.25) is 5.89 Å². The van der Waals surface area contributed by atoms with Crippen LogP contribution in [0.5, 0.6) is 5.75 Å². The van der Waals surface area contributed by atoms with Gasteiger partial charge in [0.15, 0.2) is 5.58 Å². The van der Waals surface area contributed by atoms with Crippen LogP contribution in [0.2, 0.25) is 0 Å². The number of benzene rings is 1.